The Morgan fingerprint density at radius 3 is 2.29 bits per heavy atom. The minimum absolute atomic E-state index is 0.00628. The maximum absolute atomic E-state index is 12.9. The van der Waals surface area contributed by atoms with Gasteiger partial charge in [-0.3, -0.25) is 4.79 Å². The van der Waals surface area contributed by atoms with Crippen molar-refractivity contribution in [2.45, 2.75) is 58.6 Å². The van der Waals surface area contributed by atoms with E-state index in [1.165, 1.54) is 7.11 Å². The molecule has 1 aromatic carbocycles. The monoisotopic (exact) mass is 489 g/mol. The summed E-state index contributed by atoms with van der Waals surface area (Å²) in [5.74, 6) is 0.177. The summed E-state index contributed by atoms with van der Waals surface area (Å²) < 4.78 is 16.3. The Morgan fingerprint density at radius 1 is 1.06 bits per heavy atom. The number of esters is 1. The molecule has 0 aromatic heterocycles. The fraction of sp³-hybridized carbons (Fsp3) is 0.654. The second kappa shape index (κ2) is 11.3. The molecule has 1 N–H and O–H groups in total. The van der Waals surface area contributed by atoms with Gasteiger partial charge in [0.25, 0.3) is 5.91 Å². The number of carbonyl (C=O) groups is 3. The van der Waals surface area contributed by atoms with Crippen LogP contribution < -0.4 is 10.1 Å². The third-order valence-electron chi connectivity index (χ3n) is 6.81. The zero-order valence-electron chi connectivity index (χ0n) is 21.6. The molecule has 35 heavy (non-hydrogen) atoms. The summed E-state index contributed by atoms with van der Waals surface area (Å²) in [6.07, 6.45) is 2.55. The van der Waals surface area contributed by atoms with Crippen LogP contribution in [0.4, 0.5) is 4.79 Å². The van der Waals surface area contributed by atoms with Crippen molar-refractivity contribution < 1.29 is 28.6 Å². The van der Waals surface area contributed by atoms with Gasteiger partial charge in [-0.25, -0.2) is 9.59 Å². The van der Waals surface area contributed by atoms with E-state index in [0.29, 0.717) is 26.2 Å². The normalized spacial score (nSPS) is 18.3. The van der Waals surface area contributed by atoms with Crippen LogP contribution in [0.2, 0.25) is 0 Å². The Morgan fingerprint density at radius 2 is 1.69 bits per heavy atom. The summed E-state index contributed by atoms with van der Waals surface area (Å²) in [6, 6.07) is 6.50. The van der Waals surface area contributed by atoms with Gasteiger partial charge in [-0.1, -0.05) is 18.2 Å². The van der Waals surface area contributed by atoms with E-state index < -0.39 is 17.6 Å². The first kappa shape index (κ1) is 26.8. The van der Waals surface area contributed by atoms with Gasteiger partial charge < -0.3 is 29.3 Å². The van der Waals surface area contributed by atoms with Gasteiger partial charge in [-0.2, -0.15) is 0 Å². The molecule has 0 unspecified atom stereocenters. The van der Waals surface area contributed by atoms with Crippen molar-refractivity contribution in [2.24, 2.45) is 5.41 Å². The first-order valence-corrected chi connectivity index (χ1v) is 12.3. The van der Waals surface area contributed by atoms with E-state index in [9.17, 15) is 14.4 Å². The number of hydrogen-bond acceptors (Lipinski definition) is 6. The Balaban J connectivity index is 1.48. The van der Waals surface area contributed by atoms with Crippen LogP contribution in [0, 0.1) is 12.3 Å². The van der Waals surface area contributed by atoms with Crippen LogP contribution in [0.1, 0.15) is 45.6 Å². The molecular weight excluding hydrogens is 450 g/mol. The first-order valence-electron chi connectivity index (χ1n) is 12.3. The zero-order valence-corrected chi connectivity index (χ0v) is 21.6. The number of nitrogens with zero attached hydrogens (tertiary/aromatic N) is 2. The summed E-state index contributed by atoms with van der Waals surface area (Å²) >= 11 is 0. The third kappa shape index (κ3) is 7.34. The van der Waals surface area contributed by atoms with Crippen molar-refractivity contribution in [3.8, 4) is 5.75 Å². The Hall–Kier alpha value is -2.81. The SMILES string of the molecule is COC(=O)[C@H](COC(C)(C)C)NC(=O)N1CCC2(CCN(C(=O)COc3ccccc3C)CC2)C1. The minimum Gasteiger partial charge on any atom is -0.484 e. The van der Waals surface area contributed by atoms with Crippen molar-refractivity contribution in [3.05, 3.63) is 29.8 Å². The van der Waals surface area contributed by atoms with Gasteiger partial charge in [0, 0.05) is 26.2 Å². The van der Waals surface area contributed by atoms with E-state index in [0.717, 1.165) is 30.6 Å². The number of piperidine rings is 1. The fourth-order valence-electron chi connectivity index (χ4n) is 4.58. The summed E-state index contributed by atoms with van der Waals surface area (Å²) in [4.78, 5) is 41.4. The largest absolute Gasteiger partial charge is 0.484 e. The highest BCUT2D eigenvalue weighted by Gasteiger charge is 2.43. The fourth-order valence-corrected chi connectivity index (χ4v) is 4.58. The van der Waals surface area contributed by atoms with E-state index in [2.05, 4.69) is 5.32 Å². The van der Waals surface area contributed by atoms with Crippen LogP contribution in [0.15, 0.2) is 24.3 Å². The number of hydrogen-bond donors (Lipinski definition) is 1. The number of benzene rings is 1. The molecule has 2 aliphatic heterocycles. The van der Waals surface area contributed by atoms with Gasteiger partial charge in [0.15, 0.2) is 12.6 Å². The number of rotatable bonds is 7. The van der Waals surface area contributed by atoms with Crippen molar-refractivity contribution in [3.63, 3.8) is 0 Å². The van der Waals surface area contributed by atoms with Gasteiger partial charge in [0.05, 0.1) is 19.3 Å². The Bertz CT molecular complexity index is 905. The number of likely N-dealkylation sites (tertiary alicyclic amines) is 2. The molecule has 2 heterocycles. The topological polar surface area (TPSA) is 97.4 Å². The molecule has 2 fully saturated rings. The molecule has 0 radical (unpaired) electrons. The Labute approximate surface area is 208 Å². The number of methoxy groups -OCH3 is 1. The van der Waals surface area contributed by atoms with E-state index in [-0.39, 0.29) is 30.6 Å². The summed E-state index contributed by atoms with van der Waals surface area (Å²) in [6.45, 7) is 10.2. The quantitative estimate of drug-likeness (QED) is 0.592. The van der Waals surface area contributed by atoms with Gasteiger partial charge in [-0.15, -0.1) is 0 Å². The highest BCUT2D eigenvalue weighted by Crippen LogP contribution is 2.40. The highest BCUT2D eigenvalue weighted by molar-refractivity contribution is 5.84. The number of aryl methyl sites for hydroxylation is 1. The predicted molar refractivity (Wildman–Crippen MR) is 131 cm³/mol. The summed E-state index contributed by atoms with van der Waals surface area (Å²) in [5.41, 5.74) is 0.556. The lowest BCUT2D eigenvalue weighted by Gasteiger charge is -2.39. The van der Waals surface area contributed by atoms with E-state index in [1.54, 1.807) is 4.90 Å². The molecule has 3 amide bonds. The molecule has 9 nitrogen and oxygen atoms in total. The molecule has 0 saturated carbocycles. The van der Waals surface area contributed by atoms with Gasteiger partial charge in [0.1, 0.15) is 5.75 Å². The number of nitrogens with one attached hydrogen (secondary N) is 1. The molecular formula is C26H39N3O6. The molecule has 3 rings (SSSR count). The highest BCUT2D eigenvalue weighted by atomic mass is 16.5. The minimum atomic E-state index is -0.865. The van der Waals surface area contributed by atoms with Crippen LogP contribution >= 0.6 is 0 Å². The lowest BCUT2D eigenvalue weighted by Crippen LogP contribution is -2.51. The second-order valence-corrected chi connectivity index (χ2v) is 10.6. The van der Waals surface area contributed by atoms with Crippen molar-refractivity contribution >= 4 is 17.9 Å². The third-order valence-corrected chi connectivity index (χ3v) is 6.81. The number of urea groups is 1. The van der Waals surface area contributed by atoms with E-state index in [1.807, 2.05) is 56.9 Å². The van der Waals surface area contributed by atoms with Crippen LogP contribution in [0.25, 0.3) is 0 Å². The van der Waals surface area contributed by atoms with Gasteiger partial charge >= 0.3 is 12.0 Å². The number of para-hydroxylation sites is 1. The average molecular weight is 490 g/mol. The lowest BCUT2D eigenvalue weighted by molar-refractivity contribution is -0.146. The van der Waals surface area contributed by atoms with Gasteiger partial charge in [-0.05, 0) is 64.0 Å². The summed E-state index contributed by atoms with van der Waals surface area (Å²) in [7, 11) is 1.30. The second-order valence-electron chi connectivity index (χ2n) is 10.6. The molecule has 2 saturated heterocycles. The molecule has 1 aromatic rings. The number of carbonyl (C=O) groups excluding carboxylic acids is 3. The molecule has 2 aliphatic rings. The zero-order chi connectivity index (χ0) is 25.6. The molecule has 0 aliphatic carbocycles. The maximum Gasteiger partial charge on any atom is 0.330 e. The number of ether oxygens (including phenoxy) is 3. The smallest absolute Gasteiger partial charge is 0.330 e. The van der Waals surface area contributed by atoms with E-state index >= 15 is 0 Å². The van der Waals surface area contributed by atoms with Crippen LogP contribution in [0.3, 0.4) is 0 Å². The van der Waals surface area contributed by atoms with Crippen LogP contribution in [-0.4, -0.2) is 85.9 Å². The van der Waals surface area contributed by atoms with Crippen LogP contribution in [0.5, 0.6) is 5.75 Å². The molecule has 194 valence electrons. The van der Waals surface area contributed by atoms with Crippen molar-refractivity contribution in [1.29, 1.82) is 0 Å². The van der Waals surface area contributed by atoms with Gasteiger partial charge in [0.2, 0.25) is 0 Å². The molecule has 9 heteroatoms. The standard InChI is InChI=1S/C26H39N3O6/c1-19-8-6-7-9-21(19)34-17-22(30)28-13-10-26(11-14-28)12-15-29(18-26)24(32)27-20(23(31)33-5)16-35-25(2,3)4/h6-9,20H,10-18H2,1-5H3,(H,27,32)/t20-/m0/s1. The van der Waals surface area contributed by atoms with E-state index in [4.69, 9.17) is 14.2 Å². The lowest BCUT2D eigenvalue weighted by atomic mass is 9.78. The van der Waals surface area contributed by atoms with Crippen molar-refractivity contribution in [1.82, 2.24) is 15.1 Å². The average Bonchev–Trinajstić information content (AvgIpc) is 3.23. The first-order chi connectivity index (χ1) is 16.5. The maximum atomic E-state index is 12.9. The van der Waals surface area contributed by atoms with Crippen LogP contribution in [-0.2, 0) is 19.1 Å². The molecule has 1 spiro atoms. The van der Waals surface area contributed by atoms with Crippen molar-refractivity contribution in [2.75, 3.05) is 46.5 Å². The molecule has 0 bridgehead atoms. The Kier molecular flexibility index (Phi) is 8.64. The molecule has 1 atom stereocenters. The number of amides is 3. The predicted octanol–water partition coefficient (Wildman–Crippen LogP) is 2.75. The summed E-state index contributed by atoms with van der Waals surface area (Å²) in [5, 5.41) is 2.77.